The van der Waals surface area contributed by atoms with Gasteiger partial charge in [0.25, 0.3) is 5.91 Å². The van der Waals surface area contributed by atoms with Crippen molar-refractivity contribution in [3.8, 4) is 0 Å². The summed E-state index contributed by atoms with van der Waals surface area (Å²) in [5.74, 6) is 0.993. The number of hydrogen-bond donors (Lipinski definition) is 2. The second-order valence-electron chi connectivity index (χ2n) is 5.14. The largest absolute Gasteiger partial charge is 0.399 e. The number of fused-ring (bicyclic) bond motifs is 3. The van der Waals surface area contributed by atoms with Crippen LogP contribution in [0.5, 0.6) is 0 Å². The van der Waals surface area contributed by atoms with Gasteiger partial charge >= 0.3 is 0 Å². The van der Waals surface area contributed by atoms with E-state index in [0.717, 1.165) is 30.8 Å². The standard InChI is InChI=1S/C13H17N3O/c1-16-6-8-5-15-13(17)11-4-9(14)2-3-10(11)12(8)7-16/h2-4,8,12H,5-7,14H2,1H3,(H,15,17)/t8-,12-/m0/s1. The van der Waals surface area contributed by atoms with Gasteiger partial charge in [0, 0.05) is 36.8 Å². The van der Waals surface area contributed by atoms with Crippen LogP contribution in [0.1, 0.15) is 21.8 Å². The minimum Gasteiger partial charge on any atom is -0.399 e. The Balaban J connectivity index is 2.09. The predicted molar refractivity (Wildman–Crippen MR) is 66.9 cm³/mol. The summed E-state index contributed by atoms with van der Waals surface area (Å²) < 4.78 is 0. The number of hydrogen-bond acceptors (Lipinski definition) is 3. The molecule has 4 nitrogen and oxygen atoms in total. The number of nitrogens with one attached hydrogen (secondary N) is 1. The van der Waals surface area contributed by atoms with Crippen LogP contribution in [0, 0.1) is 5.92 Å². The summed E-state index contributed by atoms with van der Waals surface area (Å²) in [5.41, 5.74) is 8.34. The molecular formula is C13H17N3O. The van der Waals surface area contributed by atoms with Gasteiger partial charge in [-0.2, -0.15) is 0 Å². The Labute approximate surface area is 101 Å². The first-order valence-electron chi connectivity index (χ1n) is 6.01. The van der Waals surface area contributed by atoms with Crippen molar-refractivity contribution in [1.82, 2.24) is 10.2 Å². The molecule has 0 aromatic heterocycles. The van der Waals surface area contributed by atoms with Crippen molar-refractivity contribution in [3.63, 3.8) is 0 Å². The van der Waals surface area contributed by atoms with Crippen LogP contribution in [0.25, 0.3) is 0 Å². The quantitative estimate of drug-likeness (QED) is 0.645. The fourth-order valence-electron chi connectivity index (χ4n) is 3.06. The van der Waals surface area contributed by atoms with Crippen LogP contribution in [0.3, 0.4) is 0 Å². The van der Waals surface area contributed by atoms with Gasteiger partial charge in [0.15, 0.2) is 0 Å². The molecular weight excluding hydrogens is 214 g/mol. The molecule has 0 spiro atoms. The van der Waals surface area contributed by atoms with E-state index >= 15 is 0 Å². The van der Waals surface area contributed by atoms with Gasteiger partial charge in [0.05, 0.1) is 0 Å². The molecule has 0 aliphatic carbocycles. The van der Waals surface area contributed by atoms with E-state index in [1.807, 2.05) is 12.1 Å². The van der Waals surface area contributed by atoms with Crippen LogP contribution in [-0.4, -0.2) is 37.5 Å². The average Bonchev–Trinajstić information content (AvgIpc) is 2.62. The van der Waals surface area contributed by atoms with Crippen molar-refractivity contribution in [2.75, 3.05) is 32.4 Å². The van der Waals surface area contributed by atoms with Gasteiger partial charge in [-0.3, -0.25) is 4.79 Å². The summed E-state index contributed by atoms with van der Waals surface area (Å²) in [6.45, 7) is 2.84. The molecule has 1 aromatic carbocycles. The van der Waals surface area contributed by atoms with Crippen molar-refractivity contribution in [2.24, 2.45) is 5.92 Å². The Morgan fingerprint density at radius 3 is 3.06 bits per heavy atom. The summed E-state index contributed by atoms with van der Waals surface area (Å²) >= 11 is 0. The number of carbonyl (C=O) groups excluding carboxylic acids is 1. The van der Waals surface area contributed by atoms with Crippen molar-refractivity contribution >= 4 is 11.6 Å². The highest BCUT2D eigenvalue weighted by atomic mass is 16.1. The second kappa shape index (κ2) is 3.74. The molecule has 1 fully saturated rings. The van der Waals surface area contributed by atoms with E-state index in [0.29, 0.717) is 17.5 Å². The van der Waals surface area contributed by atoms with Crippen LogP contribution >= 0.6 is 0 Å². The highest BCUT2D eigenvalue weighted by molar-refractivity contribution is 5.97. The van der Waals surface area contributed by atoms with Gasteiger partial charge in [0.1, 0.15) is 0 Å². The smallest absolute Gasteiger partial charge is 0.251 e. The van der Waals surface area contributed by atoms with Crippen molar-refractivity contribution in [2.45, 2.75) is 5.92 Å². The number of nitrogens with two attached hydrogens (primary N) is 1. The van der Waals surface area contributed by atoms with Gasteiger partial charge in [-0.1, -0.05) is 6.07 Å². The van der Waals surface area contributed by atoms with Gasteiger partial charge < -0.3 is 16.0 Å². The average molecular weight is 231 g/mol. The minimum absolute atomic E-state index is 0.0179. The molecule has 3 rings (SSSR count). The third kappa shape index (κ3) is 1.69. The predicted octanol–water partition coefficient (Wildman–Crippen LogP) is 0.657. The molecule has 2 heterocycles. The molecule has 1 saturated heterocycles. The maximum atomic E-state index is 12.0. The van der Waals surface area contributed by atoms with Gasteiger partial charge in [-0.15, -0.1) is 0 Å². The molecule has 1 aromatic rings. The van der Waals surface area contributed by atoms with E-state index in [1.54, 1.807) is 6.07 Å². The van der Waals surface area contributed by atoms with E-state index in [4.69, 9.17) is 5.73 Å². The van der Waals surface area contributed by atoms with Crippen molar-refractivity contribution in [3.05, 3.63) is 29.3 Å². The van der Waals surface area contributed by atoms with Gasteiger partial charge in [-0.05, 0) is 30.7 Å². The molecule has 3 N–H and O–H groups in total. The van der Waals surface area contributed by atoms with E-state index in [9.17, 15) is 4.79 Å². The number of likely N-dealkylation sites (tertiary alicyclic amines) is 1. The lowest BCUT2D eigenvalue weighted by Crippen LogP contribution is -2.29. The van der Waals surface area contributed by atoms with E-state index in [2.05, 4.69) is 17.3 Å². The van der Waals surface area contributed by atoms with Crippen LogP contribution in [-0.2, 0) is 0 Å². The molecule has 4 heteroatoms. The summed E-state index contributed by atoms with van der Waals surface area (Å²) in [7, 11) is 2.13. The highest BCUT2D eigenvalue weighted by Gasteiger charge is 2.36. The first-order valence-corrected chi connectivity index (χ1v) is 6.01. The number of amides is 1. The maximum absolute atomic E-state index is 12.0. The lowest BCUT2D eigenvalue weighted by Gasteiger charge is -2.16. The Morgan fingerprint density at radius 2 is 2.24 bits per heavy atom. The zero-order valence-corrected chi connectivity index (χ0v) is 9.94. The number of anilines is 1. The number of nitrogens with zero attached hydrogens (tertiary/aromatic N) is 1. The number of rotatable bonds is 0. The van der Waals surface area contributed by atoms with Crippen LogP contribution in [0.2, 0.25) is 0 Å². The normalized spacial score (nSPS) is 28.2. The number of nitrogen functional groups attached to an aromatic ring is 1. The lowest BCUT2D eigenvalue weighted by molar-refractivity contribution is 0.0951. The molecule has 0 bridgehead atoms. The fourth-order valence-corrected chi connectivity index (χ4v) is 3.06. The van der Waals surface area contributed by atoms with E-state index in [1.165, 1.54) is 0 Å². The Morgan fingerprint density at radius 1 is 1.41 bits per heavy atom. The third-order valence-electron chi connectivity index (χ3n) is 3.87. The summed E-state index contributed by atoms with van der Waals surface area (Å²) in [6.07, 6.45) is 0. The SMILES string of the molecule is CN1C[C@@H]2CNC(=O)c3cc(N)ccc3[C@H]2C1. The zero-order valence-electron chi connectivity index (χ0n) is 9.94. The number of benzene rings is 1. The molecule has 0 radical (unpaired) electrons. The zero-order chi connectivity index (χ0) is 12.0. The monoisotopic (exact) mass is 231 g/mol. The Kier molecular flexibility index (Phi) is 2.33. The second-order valence-corrected chi connectivity index (χ2v) is 5.14. The molecule has 0 saturated carbocycles. The van der Waals surface area contributed by atoms with E-state index in [-0.39, 0.29) is 5.91 Å². The maximum Gasteiger partial charge on any atom is 0.251 e. The number of carbonyl (C=O) groups is 1. The Bertz CT molecular complexity index is 472. The summed E-state index contributed by atoms with van der Waals surface area (Å²) in [4.78, 5) is 14.3. The molecule has 90 valence electrons. The highest BCUT2D eigenvalue weighted by Crippen LogP contribution is 2.35. The first kappa shape index (κ1) is 10.6. The Hall–Kier alpha value is -1.55. The molecule has 2 atom stereocenters. The van der Waals surface area contributed by atoms with Crippen LogP contribution in [0.4, 0.5) is 5.69 Å². The van der Waals surface area contributed by atoms with Crippen molar-refractivity contribution in [1.29, 1.82) is 0 Å². The molecule has 17 heavy (non-hydrogen) atoms. The van der Waals surface area contributed by atoms with Crippen LogP contribution < -0.4 is 11.1 Å². The van der Waals surface area contributed by atoms with Gasteiger partial charge in [-0.25, -0.2) is 0 Å². The topological polar surface area (TPSA) is 58.4 Å². The van der Waals surface area contributed by atoms with Crippen molar-refractivity contribution < 1.29 is 4.79 Å². The van der Waals surface area contributed by atoms with Gasteiger partial charge in [0.2, 0.25) is 0 Å². The molecule has 2 aliphatic rings. The third-order valence-corrected chi connectivity index (χ3v) is 3.87. The number of likely N-dealkylation sites (N-methyl/N-ethyl adjacent to an activating group) is 1. The molecule has 0 unspecified atom stereocenters. The molecule has 1 amide bonds. The fraction of sp³-hybridized carbons (Fsp3) is 0.462. The van der Waals surface area contributed by atoms with E-state index < -0.39 is 0 Å². The summed E-state index contributed by atoms with van der Waals surface area (Å²) in [6, 6.07) is 5.71. The summed E-state index contributed by atoms with van der Waals surface area (Å²) in [5, 5.41) is 3.00. The first-order chi connectivity index (χ1) is 8.15. The van der Waals surface area contributed by atoms with Crippen LogP contribution in [0.15, 0.2) is 18.2 Å². The molecule has 2 aliphatic heterocycles. The minimum atomic E-state index is 0.0179. The lowest BCUT2D eigenvalue weighted by atomic mass is 9.87.